The van der Waals surface area contributed by atoms with E-state index in [0.717, 1.165) is 23.4 Å². The Morgan fingerprint density at radius 3 is 2.42 bits per heavy atom. The number of para-hydroxylation sites is 1. The summed E-state index contributed by atoms with van der Waals surface area (Å²) in [7, 11) is 4.17. The molecule has 0 spiro atoms. The van der Waals surface area contributed by atoms with Crippen LogP contribution in [0.5, 0.6) is 5.75 Å². The van der Waals surface area contributed by atoms with E-state index in [9.17, 15) is 4.79 Å². The van der Waals surface area contributed by atoms with E-state index in [1.54, 1.807) is 0 Å². The Hall–Kier alpha value is -2.33. The molecule has 0 aliphatic carbocycles. The lowest BCUT2D eigenvalue weighted by atomic mass is 10.1. The molecule has 0 aliphatic rings. The van der Waals surface area contributed by atoms with E-state index in [0.29, 0.717) is 13.0 Å². The van der Waals surface area contributed by atoms with E-state index >= 15 is 0 Å². The number of benzene rings is 2. The third-order valence-corrected chi connectivity index (χ3v) is 3.83. The van der Waals surface area contributed by atoms with Gasteiger partial charge in [0.2, 0.25) is 5.91 Å². The first kappa shape index (κ1) is 18.0. The number of amides is 1. The van der Waals surface area contributed by atoms with Gasteiger partial charge in [-0.25, -0.2) is 0 Å². The maximum absolute atomic E-state index is 12.3. The Bertz CT molecular complexity index is 641. The van der Waals surface area contributed by atoms with Crippen molar-refractivity contribution in [2.45, 2.75) is 19.4 Å². The molecule has 1 amide bonds. The summed E-state index contributed by atoms with van der Waals surface area (Å²) in [5.41, 5.74) is 2.21. The molecule has 2 aromatic carbocycles. The zero-order valence-corrected chi connectivity index (χ0v) is 14.7. The molecule has 128 valence electrons. The third kappa shape index (κ3) is 5.70. The first-order valence-electron chi connectivity index (χ1n) is 8.38. The second kappa shape index (κ2) is 9.08. The van der Waals surface area contributed by atoms with Crippen molar-refractivity contribution in [3.63, 3.8) is 0 Å². The Labute approximate surface area is 144 Å². The van der Waals surface area contributed by atoms with Crippen LogP contribution in [0.3, 0.4) is 0 Å². The predicted molar refractivity (Wildman–Crippen MR) is 96.3 cm³/mol. The molecule has 0 fully saturated rings. The Morgan fingerprint density at radius 1 is 1.08 bits per heavy atom. The first-order valence-corrected chi connectivity index (χ1v) is 8.38. The highest BCUT2D eigenvalue weighted by atomic mass is 16.5. The fourth-order valence-electron chi connectivity index (χ4n) is 2.58. The van der Waals surface area contributed by atoms with Crippen LogP contribution in [-0.2, 0) is 4.79 Å². The molecular weight excluding hydrogens is 300 g/mol. The molecule has 0 bridgehead atoms. The summed E-state index contributed by atoms with van der Waals surface area (Å²) in [6.07, 6.45) is 0.348. The quantitative estimate of drug-likeness (QED) is 0.776. The van der Waals surface area contributed by atoms with Gasteiger partial charge in [0.05, 0.1) is 27.1 Å². The van der Waals surface area contributed by atoms with Crippen molar-refractivity contribution in [3.8, 4) is 5.75 Å². The number of carbonyl (C=O) groups excluding carboxylic acids is 1. The van der Waals surface area contributed by atoms with Gasteiger partial charge in [-0.05, 0) is 24.1 Å². The highest BCUT2D eigenvalue weighted by Crippen LogP contribution is 2.16. The number of hydrogen-bond donors (Lipinski definition) is 2. The molecule has 2 aromatic rings. The van der Waals surface area contributed by atoms with Crippen LogP contribution in [0.1, 0.15) is 23.6 Å². The Morgan fingerprint density at radius 2 is 1.75 bits per heavy atom. The summed E-state index contributed by atoms with van der Waals surface area (Å²) in [6, 6.07) is 18.0. The SMILES string of the molecule is Cc1ccccc1OCCC(=O)N[C@@H](C[NH+](C)C)c1ccccc1. The van der Waals surface area contributed by atoms with Crippen LogP contribution in [0.2, 0.25) is 0 Å². The fraction of sp³-hybridized carbons (Fsp3) is 0.350. The van der Waals surface area contributed by atoms with Crippen molar-refractivity contribution in [1.29, 1.82) is 0 Å². The zero-order chi connectivity index (χ0) is 17.4. The smallest absolute Gasteiger partial charge is 0.224 e. The number of rotatable bonds is 8. The Kier molecular flexibility index (Phi) is 6.82. The maximum Gasteiger partial charge on any atom is 0.224 e. The molecule has 1 atom stereocenters. The van der Waals surface area contributed by atoms with E-state index < -0.39 is 0 Å². The van der Waals surface area contributed by atoms with Gasteiger partial charge in [0.15, 0.2) is 0 Å². The number of quaternary nitrogens is 1. The van der Waals surface area contributed by atoms with Gasteiger partial charge in [0.1, 0.15) is 18.3 Å². The average Bonchev–Trinajstić information content (AvgIpc) is 2.56. The summed E-state index contributed by atoms with van der Waals surface area (Å²) in [4.78, 5) is 13.6. The zero-order valence-electron chi connectivity index (χ0n) is 14.7. The van der Waals surface area contributed by atoms with E-state index in [2.05, 4.69) is 31.5 Å². The lowest BCUT2D eigenvalue weighted by molar-refractivity contribution is -0.860. The second-order valence-corrected chi connectivity index (χ2v) is 6.31. The summed E-state index contributed by atoms with van der Waals surface area (Å²) < 4.78 is 5.71. The molecular formula is C20H27N2O2+. The number of likely N-dealkylation sites (N-methyl/N-ethyl adjacent to an activating group) is 1. The monoisotopic (exact) mass is 327 g/mol. The molecule has 0 saturated carbocycles. The Balaban J connectivity index is 1.87. The second-order valence-electron chi connectivity index (χ2n) is 6.31. The number of hydrogen-bond acceptors (Lipinski definition) is 2. The average molecular weight is 327 g/mol. The van der Waals surface area contributed by atoms with Crippen LogP contribution >= 0.6 is 0 Å². The number of aryl methyl sites for hydroxylation is 1. The molecule has 0 unspecified atom stereocenters. The van der Waals surface area contributed by atoms with Crippen molar-refractivity contribution >= 4 is 5.91 Å². The van der Waals surface area contributed by atoms with Gasteiger partial charge in [-0.3, -0.25) is 4.79 Å². The molecule has 4 nitrogen and oxygen atoms in total. The van der Waals surface area contributed by atoms with Gasteiger partial charge in [-0.15, -0.1) is 0 Å². The van der Waals surface area contributed by atoms with Gasteiger partial charge in [0.25, 0.3) is 0 Å². The lowest BCUT2D eigenvalue weighted by Gasteiger charge is -2.21. The molecule has 4 heteroatoms. The van der Waals surface area contributed by atoms with Crippen LogP contribution in [-0.4, -0.2) is 33.2 Å². The maximum atomic E-state index is 12.3. The highest BCUT2D eigenvalue weighted by Gasteiger charge is 2.17. The predicted octanol–water partition coefficient (Wildman–Crippen LogP) is 1.77. The minimum Gasteiger partial charge on any atom is -0.493 e. The summed E-state index contributed by atoms with van der Waals surface area (Å²) in [6.45, 7) is 3.22. The minimum absolute atomic E-state index is 0.0127. The van der Waals surface area contributed by atoms with Crippen LogP contribution in [0, 0.1) is 6.92 Å². The molecule has 0 radical (unpaired) electrons. The molecule has 2 N–H and O–H groups in total. The van der Waals surface area contributed by atoms with Crippen molar-refractivity contribution in [1.82, 2.24) is 5.32 Å². The van der Waals surface area contributed by atoms with Gasteiger partial charge < -0.3 is 15.0 Å². The van der Waals surface area contributed by atoms with Gasteiger partial charge in [-0.1, -0.05) is 48.5 Å². The van der Waals surface area contributed by atoms with E-state index in [1.165, 1.54) is 4.90 Å². The number of carbonyl (C=O) groups is 1. The van der Waals surface area contributed by atoms with Crippen LogP contribution < -0.4 is 15.0 Å². The lowest BCUT2D eigenvalue weighted by Crippen LogP contribution is -3.06. The third-order valence-electron chi connectivity index (χ3n) is 3.83. The molecule has 24 heavy (non-hydrogen) atoms. The van der Waals surface area contributed by atoms with Gasteiger partial charge in [-0.2, -0.15) is 0 Å². The largest absolute Gasteiger partial charge is 0.493 e. The highest BCUT2D eigenvalue weighted by molar-refractivity contribution is 5.76. The van der Waals surface area contributed by atoms with Crippen molar-refractivity contribution in [3.05, 3.63) is 65.7 Å². The summed E-state index contributed by atoms with van der Waals surface area (Å²) >= 11 is 0. The van der Waals surface area contributed by atoms with Crippen LogP contribution in [0.25, 0.3) is 0 Å². The molecule has 0 heterocycles. The summed E-state index contributed by atoms with van der Waals surface area (Å²) in [5, 5.41) is 3.13. The van der Waals surface area contributed by atoms with Crippen LogP contribution in [0.15, 0.2) is 54.6 Å². The van der Waals surface area contributed by atoms with Crippen molar-refractivity contribution in [2.24, 2.45) is 0 Å². The van der Waals surface area contributed by atoms with E-state index in [1.807, 2.05) is 49.4 Å². The fourth-order valence-corrected chi connectivity index (χ4v) is 2.58. The molecule has 0 aromatic heterocycles. The molecule has 2 rings (SSSR count). The van der Waals surface area contributed by atoms with E-state index in [4.69, 9.17) is 4.74 Å². The summed E-state index contributed by atoms with van der Waals surface area (Å²) in [5.74, 6) is 0.848. The normalized spacial score (nSPS) is 12.0. The minimum atomic E-state index is 0.0127. The topological polar surface area (TPSA) is 42.8 Å². The van der Waals surface area contributed by atoms with Gasteiger partial charge >= 0.3 is 0 Å². The number of nitrogens with one attached hydrogen (secondary N) is 2. The van der Waals surface area contributed by atoms with Crippen molar-refractivity contribution in [2.75, 3.05) is 27.2 Å². The molecule has 0 saturated heterocycles. The number of ether oxygens (including phenoxy) is 1. The first-order chi connectivity index (χ1) is 11.6. The van der Waals surface area contributed by atoms with Crippen molar-refractivity contribution < 1.29 is 14.4 Å². The molecule has 0 aliphatic heterocycles. The van der Waals surface area contributed by atoms with Crippen LogP contribution in [0.4, 0.5) is 0 Å². The van der Waals surface area contributed by atoms with Gasteiger partial charge in [0, 0.05) is 0 Å². The van der Waals surface area contributed by atoms with E-state index in [-0.39, 0.29) is 11.9 Å². The standard InChI is InChI=1S/C20H26N2O2/c1-16-9-7-8-12-19(16)24-14-13-20(23)21-18(15-22(2)3)17-10-5-4-6-11-17/h4-12,18H,13-15H2,1-3H3,(H,21,23)/p+1/t18-/m0/s1.